The zero-order valence-corrected chi connectivity index (χ0v) is 21.2. The first-order chi connectivity index (χ1) is 18.3. The largest absolute Gasteiger partial charge is 0.356 e. The molecule has 2 amide bonds. The van der Waals surface area contributed by atoms with Crippen LogP contribution in [0.3, 0.4) is 0 Å². The summed E-state index contributed by atoms with van der Waals surface area (Å²) in [5.74, 6) is 0.463. The van der Waals surface area contributed by atoms with Gasteiger partial charge in [-0.15, -0.1) is 0 Å². The van der Waals surface area contributed by atoms with Gasteiger partial charge in [-0.2, -0.15) is 5.26 Å². The van der Waals surface area contributed by atoms with Gasteiger partial charge in [0.1, 0.15) is 18.4 Å². The van der Waals surface area contributed by atoms with Gasteiger partial charge in [-0.3, -0.25) is 14.5 Å². The lowest BCUT2D eigenvalue weighted by molar-refractivity contribution is -0.118. The number of aliphatic hydroxyl groups is 1. The van der Waals surface area contributed by atoms with Crippen LogP contribution >= 0.6 is 0 Å². The Kier molecular flexibility index (Phi) is 6.60. The molecule has 38 heavy (non-hydrogen) atoms. The van der Waals surface area contributed by atoms with Gasteiger partial charge in [-0.1, -0.05) is 0 Å². The highest BCUT2D eigenvalue weighted by Gasteiger charge is 2.39. The van der Waals surface area contributed by atoms with Crippen LogP contribution in [0, 0.1) is 11.3 Å². The molecule has 0 bridgehead atoms. The third kappa shape index (κ3) is 4.37. The van der Waals surface area contributed by atoms with Gasteiger partial charge in [0.05, 0.1) is 18.0 Å². The fourth-order valence-corrected chi connectivity index (χ4v) is 4.64. The van der Waals surface area contributed by atoms with Crippen molar-refractivity contribution in [2.24, 2.45) is 0 Å². The van der Waals surface area contributed by atoms with Crippen LogP contribution in [-0.2, 0) is 4.79 Å². The Labute approximate surface area is 218 Å². The van der Waals surface area contributed by atoms with Gasteiger partial charge < -0.3 is 24.8 Å². The van der Waals surface area contributed by atoms with Crippen LogP contribution in [0.15, 0.2) is 31.0 Å². The van der Waals surface area contributed by atoms with Gasteiger partial charge in [-0.05, 0) is 32.8 Å². The molecule has 1 fully saturated rings. The van der Waals surface area contributed by atoms with Crippen LogP contribution < -0.4 is 15.1 Å². The second-order valence-corrected chi connectivity index (χ2v) is 9.26. The molecular weight excluding hydrogens is 490 g/mol. The first kappa shape index (κ1) is 25.0. The molecule has 0 spiro atoms. The van der Waals surface area contributed by atoms with Crippen molar-refractivity contribution in [2.45, 2.75) is 45.1 Å². The predicted octanol–water partition coefficient (Wildman–Crippen LogP) is 1.01. The van der Waals surface area contributed by atoms with Crippen LogP contribution in [-0.4, -0.2) is 83.8 Å². The van der Waals surface area contributed by atoms with E-state index in [-0.39, 0.29) is 23.9 Å². The number of aliphatic hydroxyl groups excluding tert-OH is 1. The summed E-state index contributed by atoms with van der Waals surface area (Å²) in [4.78, 5) is 52.6. The second kappa shape index (κ2) is 10.0. The van der Waals surface area contributed by atoms with E-state index in [0.29, 0.717) is 23.4 Å². The first-order valence-corrected chi connectivity index (χ1v) is 12.2. The molecule has 3 atom stereocenters. The van der Waals surface area contributed by atoms with E-state index in [2.05, 4.69) is 42.1 Å². The molecule has 3 aromatic heterocycles. The molecule has 2 aliphatic rings. The Bertz CT molecular complexity index is 1400. The Morgan fingerprint density at radius 1 is 1.29 bits per heavy atom. The Balaban J connectivity index is 1.33. The van der Waals surface area contributed by atoms with E-state index in [1.807, 2.05) is 6.07 Å². The highest BCUT2D eigenvalue weighted by Crippen LogP contribution is 2.30. The fourth-order valence-electron chi connectivity index (χ4n) is 4.64. The molecule has 3 aromatic rings. The van der Waals surface area contributed by atoms with E-state index in [1.54, 1.807) is 32.4 Å². The number of rotatable bonds is 6. The van der Waals surface area contributed by atoms with Gasteiger partial charge in [0.15, 0.2) is 17.3 Å². The molecule has 1 unspecified atom stereocenters. The molecule has 5 heterocycles. The number of imidazole rings is 1. The molecule has 196 valence electrons. The maximum Gasteiger partial charge on any atom is 0.278 e. The number of carbonyl (C=O) groups is 2. The minimum atomic E-state index is -1.33. The van der Waals surface area contributed by atoms with Crippen LogP contribution in [0.1, 0.15) is 43.2 Å². The van der Waals surface area contributed by atoms with Gasteiger partial charge in [-0.25, -0.2) is 24.9 Å². The minimum absolute atomic E-state index is 0.101. The lowest BCUT2D eigenvalue weighted by atomic mass is 10.2. The van der Waals surface area contributed by atoms with Crippen molar-refractivity contribution in [3.05, 3.63) is 36.7 Å². The smallest absolute Gasteiger partial charge is 0.278 e. The first-order valence-electron chi connectivity index (χ1n) is 12.2. The van der Waals surface area contributed by atoms with Gasteiger partial charge in [0.25, 0.3) is 5.91 Å². The van der Waals surface area contributed by atoms with E-state index >= 15 is 0 Å². The van der Waals surface area contributed by atoms with Crippen LogP contribution in [0.4, 0.5) is 17.6 Å². The van der Waals surface area contributed by atoms with E-state index in [1.165, 1.54) is 22.0 Å². The third-order valence-electron chi connectivity index (χ3n) is 6.85. The molecule has 1 saturated heterocycles. The summed E-state index contributed by atoms with van der Waals surface area (Å²) in [7, 11) is 1.55. The van der Waals surface area contributed by atoms with Crippen molar-refractivity contribution in [3.8, 4) is 17.5 Å². The molecule has 0 aliphatic carbocycles. The van der Waals surface area contributed by atoms with E-state index in [9.17, 15) is 14.7 Å². The number of hydrogen-bond donors (Lipinski definition) is 2. The van der Waals surface area contributed by atoms with Crippen molar-refractivity contribution >= 4 is 29.4 Å². The lowest BCUT2D eigenvalue weighted by Crippen LogP contribution is -2.54. The quantitative estimate of drug-likeness (QED) is 0.447. The normalized spacial score (nSPS) is 19.8. The summed E-state index contributed by atoms with van der Waals surface area (Å²) in [6, 6.07) is 2.97. The molecular formula is C24H27N11O3. The second-order valence-electron chi connectivity index (χ2n) is 9.26. The van der Waals surface area contributed by atoms with E-state index in [4.69, 9.17) is 5.26 Å². The Hall–Kier alpha value is -4.64. The van der Waals surface area contributed by atoms with Crippen LogP contribution in [0.5, 0.6) is 0 Å². The summed E-state index contributed by atoms with van der Waals surface area (Å²) < 4.78 is 1.41. The molecule has 5 rings (SSSR count). The van der Waals surface area contributed by atoms with E-state index in [0.717, 1.165) is 24.3 Å². The van der Waals surface area contributed by atoms with Crippen molar-refractivity contribution in [2.75, 3.05) is 35.3 Å². The summed E-state index contributed by atoms with van der Waals surface area (Å²) in [6.07, 6.45) is 7.10. The number of nitrogens with zero attached hydrogens (tertiary/aromatic N) is 10. The molecule has 14 heteroatoms. The highest BCUT2D eigenvalue weighted by molar-refractivity contribution is 6.01. The summed E-state index contributed by atoms with van der Waals surface area (Å²) >= 11 is 0. The molecule has 2 aliphatic heterocycles. The Morgan fingerprint density at radius 3 is 2.74 bits per heavy atom. The number of nitriles is 1. The standard InChI is InChI=1S/C24H27N11O3/c1-14-5-4-9-33(14)23-27-11-16(12-28-23)19-26-8-6-17(30-19)31-21(36)15(2)35-13-29-20-18(35)22(37)34(10-7-25)24(38)32(20)3/h6,8,11-15,24,38H,4-5,9-10H2,1-3H3,(H,26,30,31,36)/t14-,15-,24?/m0/s1. The number of carbonyl (C=O) groups excluding carboxylic acids is 2. The van der Waals surface area contributed by atoms with Crippen LogP contribution in [0.25, 0.3) is 11.4 Å². The zero-order chi connectivity index (χ0) is 27.0. The monoisotopic (exact) mass is 517 g/mol. The number of fused-ring (bicyclic) bond motifs is 1. The average Bonchev–Trinajstić information content (AvgIpc) is 3.56. The number of aromatic nitrogens is 6. The maximum absolute atomic E-state index is 13.1. The number of amides is 2. The lowest BCUT2D eigenvalue weighted by Gasteiger charge is -2.37. The van der Waals surface area contributed by atoms with Crippen molar-refractivity contribution < 1.29 is 14.7 Å². The third-order valence-corrected chi connectivity index (χ3v) is 6.85. The van der Waals surface area contributed by atoms with Gasteiger partial charge >= 0.3 is 0 Å². The Morgan fingerprint density at radius 2 is 2.05 bits per heavy atom. The maximum atomic E-state index is 13.1. The molecule has 0 radical (unpaired) electrons. The van der Waals surface area contributed by atoms with Crippen molar-refractivity contribution in [1.82, 2.24) is 34.4 Å². The summed E-state index contributed by atoms with van der Waals surface area (Å²) in [5.41, 5.74) is 0.710. The molecule has 0 saturated carbocycles. The highest BCUT2D eigenvalue weighted by atomic mass is 16.3. The van der Waals surface area contributed by atoms with Crippen molar-refractivity contribution in [1.29, 1.82) is 5.26 Å². The average molecular weight is 518 g/mol. The SMILES string of the molecule is C[C@H]1CCCN1c1ncc(-c2nccc(NC(=O)[C@H](C)n3cnc4c3C(=O)N(CC#N)C(O)N4C)n2)cn1. The van der Waals surface area contributed by atoms with Gasteiger partial charge in [0.2, 0.25) is 18.2 Å². The topological polar surface area (TPSA) is 169 Å². The van der Waals surface area contributed by atoms with E-state index < -0.39 is 24.2 Å². The number of hydrogen-bond acceptors (Lipinski definition) is 11. The minimum Gasteiger partial charge on any atom is -0.356 e. The predicted molar refractivity (Wildman–Crippen MR) is 136 cm³/mol. The summed E-state index contributed by atoms with van der Waals surface area (Å²) in [5, 5.41) is 22.2. The van der Waals surface area contributed by atoms with Gasteiger partial charge in [0, 0.05) is 38.2 Å². The zero-order valence-electron chi connectivity index (χ0n) is 21.2. The molecule has 0 aromatic carbocycles. The number of anilines is 3. The number of nitrogens with one attached hydrogen (secondary N) is 1. The van der Waals surface area contributed by atoms with Crippen molar-refractivity contribution in [3.63, 3.8) is 0 Å². The summed E-state index contributed by atoms with van der Waals surface area (Å²) in [6.45, 7) is 4.37. The molecule has 2 N–H and O–H groups in total. The molecule has 14 nitrogen and oxygen atoms in total. The fraction of sp³-hybridized carbons (Fsp3) is 0.417. The van der Waals surface area contributed by atoms with Crippen LogP contribution in [0.2, 0.25) is 0 Å².